The number of hydrogen-bond donors (Lipinski definition) is 0. The maximum atomic E-state index is 12.5. The smallest absolute Gasteiger partial charge is 0.237 e. The molecule has 0 radical (unpaired) electrons. The zero-order valence-corrected chi connectivity index (χ0v) is 15.4. The zero-order chi connectivity index (χ0) is 18.6. The van der Waals surface area contributed by atoms with Gasteiger partial charge < -0.3 is 9.64 Å². The average Bonchev–Trinajstić information content (AvgIpc) is 2.67. The molecule has 0 spiro atoms. The summed E-state index contributed by atoms with van der Waals surface area (Å²) in [7, 11) is 0. The van der Waals surface area contributed by atoms with Crippen molar-refractivity contribution in [2.45, 2.75) is 25.8 Å². The van der Waals surface area contributed by atoms with Crippen LogP contribution in [0.3, 0.4) is 0 Å². The van der Waals surface area contributed by atoms with E-state index in [1.807, 2.05) is 47.4 Å². The van der Waals surface area contributed by atoms with Gasteiger partial charge in [0.15, 0.2) is 0 Å². The molecular weight excluding hydrogens is 338 g/mol. The predicted octanol–water partition coefficient (Wildman–Crippen LogP) is 3.33. The van der Waals surface area contributed by atoms with Gasteiger partial charge in [0.05, 0.1) is 12.1 Å². The van der Waals surface area contributed by atoms with E-state index in [0.29, 0.717) is 30.2 Å². The Morgan fingerprint density at radius 2 is 1.89 bits per heavy atom. The number of nitrogens with zero attached hydrogens (tertiary/aromatic N) is 3. The molecule has 5 nitrogen and oxygen atoms in total. The fraction of sp³-hybridized carbons (Fsp3) is 0.364. The highest BCUT2D eigenvalue weighted by Crippen LogP contribution is 2.28. The Balaban J connectivity index is 1.66. The summed E-state index contributed by atoms with van der Waals surface area (Å²) in [5.74, 6) is 1.48. The molecule has 2 aromatic rings. The van der Waals surface area contributed by atoms with E-state index in [1.165, 1.54) is 5.56 Å². The van der Waals surface area contributed by atoms with E-state index in [-0.39, 0.29) is 5.91 Å². The number of rotatable bonds is 0. The number of aryl methyl sites for hydroxylation is 1. The normalized spacial score (nSPS) is 20.0. The molecule has 27 heavy (non-hydrogen) atoms. The molecule has 6 bridgehead atoms. The summed E-state index contributed by atoms with van der Waals surface area (Å²) in [5, 5.41) is 9.40. The van der Waals surface area contributed by atoms with E-state index in [1.54, 1.807) is 0 Å². The van der Waals surface area contributed by atoms with Crippen LogP contribution in [-0.4, -0.2) is 41.9 Å². The highest BCUT2D eigenvalue weighted by molar-refractivity contribution is 5.79. The van der Waals surface area contributed by atoms with Crippen molar-refractivity contribution in [1.82, 2.24) is 9.80 Å². The maximum Gasteiger partial charge on any atom is 0.237 e. The van der Waals surface area contributed by atoms with E-state index in [9.17, 15) is 10.1 Å². The van der Waals surface area contributed by atoms with Crippen LogP contribution in [0.15, 0.2) is 42.5 Å². The third-order valence-electron chi connectivity index (χ3n) is 5.25. The highest BCUT2D eigenvalue weighted by Gasteiger charge is 2.23. The van der Waals surface area contributed by atoms with Crippen molar-refractivity contribution in [2.75, 3.05) is 26.2 Å². The van der Waals surface area contributed by atoms with E-state index < -0.39 is 0 Å². The van der Waals surface area contributed by atoms with Gasteiger partial charge in [0.1, 0.15) is 17.6 Å². The Morgan fingerprint density at radius 3 is 2.74 bits per heavy atom. The topological polar surface area (TPSA) is 56.6 Å². The van der Waals surface area contributed by atoms with Crippen molar-refractivity contribution in [3.63, 3.8) is 0 Å². The second-order valence-electron chi connectivity index (χ2n) is 7.24. The summed E-state index contributed by atoms with van der Waals surface area (Å²) in [4.78, 5) is 16.7. The lowest BCUT2D eigenvalue weighted by Gasteiger charge is -2.34. The molecule has 1 amide bonds. The Morgan fingerprint density at radius 1 is 0.963 bits per heavy atom. The number of hydrogen-bond acceptors (Lipinski definition) is 4. The molecule has 1 saturated heterocycles. The van der Waals surface area contributed by atoms with Crippen LogP contribution in [0.5, 0.6) is 11.5 Å². The first-order valence-corrected chi connectivity index (χ1v) is 9.51. The Labute approximate surface area is 159 Å². The first kappa shape index (κ1) is 17.6. The molecule has 3 aliphatic rings. The van der Waals surface area contributed by atoms with E-state index in [0.717, 1.165) is 44.5 Å². The Kier molecular flexibility index (Phi) is 5.08. The molecule has 1 unspecified atom stereocenters. The van der Waals surface area contributed by atoms with Gasteiger partial charge in [-0.3, -0.25) is 9.69 Å². The van der Waals surface area contributed by atoms with Crippen LogP contribution in [0.2, 0.25) is 0 Å². The minimum atomic E-state index is 0.191. The molecule has 2 aromatic carbocycles. The Bertz CT molecular complexity index is 887. The summed E-state index contributed by atoms with van der Waals surface area (Å²) in [6, 6.07) is 15.8. The second-order valence-corrected chi connectivity index (χ2v) is 7.24. The first-order valence-electron chi connectivity index (χ1n) is 9.51. The molecule has 0 aliphatic carbocycles. The quantitative estimate of drug-likeness (QED) is 0.722. The summed E-state index contributed by atoms with van der Waals surface area (Å²) < 4.78 is 6.05. The monoisotopic (exact) mass is 361 g/mol. The first-order chi connectivity index (χ1) is 13.2. The zero-order valence-electron chi connectivity index (χ0n) is 15.4. The largest absolute Gasteiger partial charge is 0.456 e. The van der Waals surface area contributed by atoms with Gasteiger partial charge in [-0.1, -0.05) is 18.2 Å². The lowest BCUT2D eigenvalue weighted by atomic mass is 10.0. The number of piperazine rings is 1. The average molecular weight is 361 g/mol. The number of fused-ring (bicyclic) bond motifs is 5. The lowest BCUT2D eigenvalue weighted by molar-refractivity contribution is -0.136. The van der Waals surface area contributed by atoms with Gasteiger partial charge in [-0.05, 0) is 61.2 Å². The molecule has 0 aromatic heterocycles. The predicted molar refractivity (Wildman–Crippen MR) is 102 cm³/mol. The van der Waals surface area contributed by atoms with E-state index in [2.05, 4.69) is 11.0 Å². The summed E-state index contributed by atoms with van der Waals surface area (Å²) in [5.41, 5.74) is 2.75. The number of carbonyl (C=O) groups excluding carboxylic acids is 1. The number of amides is 1. The number of benzene rings is 2. The molecule has 0 saturated carbocycles. The summed E-state index contributed by atoms with van der Waals surface area (Å²) >= 11 is 0. The van der Waals surface area contributed by atoms with Crippen LogP contribution < -0.4 is 4.74 Å². The van der Waals surface area contributed by atoms with Crippen molar-refractivity contribution in [2.24, 2.45) is 0 Å². The van der Waals surface area contributed by atoms with Crippen molar-refractivity contribution in [1.29, 1.82) is 5.26 Å². The van der Waals surface area contributed by atoms with E-state index in [4.69, 9.17) is 4.74 Å². The van der Waals surface area contributed by atoms with Crippen molar-refractivity contribution >= 4 is 5.91 Å². The molecule has 5 rings (SSSR count). The second kappa shape index (κ2) is 7.81. The van der Waals surface area contributed by atoms with Crippen LogP contribution in [0.1, 0.15) is 29.5 Å². The third-order valence-corrected chi connectivity index (χ3v) is 5.25. The van der Waals surface area contributed by atoms with Gasteiger partial charge in [0.25, 0.3) is 0 Å². The molecule has 5 heteroatoms. The summed E-state index contributed by atoms with van der Waals surface area (Å²) in [6.07, 6.45) is 3.05. The number of ether oxygens (including phenoxy) is 1. The molecule has 0 N–H and O–H groups in total. The van der Waals surface area contributed by atoms with Gasteiger partial charge >= 0.3 is 0 Å². The van der Waals surface area contributed by atoms with Gasteiger partial charge in [0, 0.05) is 19.6 Å². The van der Waals surface area contributed by atoms with Crippen LogP contribution in [0, 0.1) is 11.3 Å². The highest BCUT2D eigenvalue weighted by atomic mass is 16.5. The lowest BCUT2D eigenvalue weighted by Crippen LogP contribution is -2.50. The molecule has 3 heterocycles. The number of nitriles is 1. The van der Waals surface area contributed by atoms with Gasteiger partial charge in [-0.25, -0.2) is 0 Å². The van der Waals surface area contributed by atoms with Gasteiger partial charge in [-0.15, -0.1) is 0 Å². The van der Waals surface area contributed by atoms with Gasteiger partial charge in [-0.2, -0.15) is 5.26 Å². The van der Waals surface area contributed by atoms with Crippen LogP contribution in [0.4, 0.5) is 0 Å². The molecule has 1 fully saturated rings. The van der Waals surface area contributed by atoms with Crippen LogP contribution in [-0.2, 0) is 17.8 Å². The minimum Gasteiger partial charge on any atom is -0.456 e. The third kappa shape index (κ3) is 4.12. The van der Waals surface area contributed by atoms with Crippen LogP contribution >= 0.6 is 0 Å². The fourth-order valence-corrected chi connectivity index (χ4v) is 3.73. The molecule has 3 aliphatic heterocycles. The molecular formula is C22H23N3O2. The van der Waals surface area contributed by atoms with Crippen molar-refractivity contribution in [3.8, 4) is 17.6 Å². The van der Waals surface area contributed by atoms with Crippen molar-refractivity contribution < 1.29 is 9.53 Å². The molecule has 138 valence electrons. The fourth-order valence-electron chi connectivity index (χ4n) is 3.73. The van der Waals surface area contributed by atoms with Crippen molar-refractivity contribution in [3.05, 3.63) is 59.2 Å². The maximum absolute atomic E-state index is 12.5. The summed E-state index contributed by atoms with van der Waals surface area (Å²) in [6.45, 7) is 3.76. The SMILES string of the molecule is N#Cc1ccc2cc1Oc1cccc(c1)CN1CCN(CCCC2)CC1=O. The Hall–Kier alpha value is -2.84. The van der Waals surface area contributed by atoms with Crippen LogP contribution in [0.25, 0.3) is 0 Å². The van der Waals surface area contributed by atoms with E-state index >= 15 is 0 Å². The van der Waals surface area contributed by atoms with Gasteiger partial charge in [0.2, 0.25) is 5.91 Å². The molecule has 1 atom stereocenters. The standard InChI is InChI=1S/C22H23N3O2/c23-14-19-8-7-17-4-1-2-9-24-10-11-25(22(26)16-24)15-18-5-3-6-20(12-18)27-21(19)13-17/h3,5-8,12-13H,1-2,4,9-11,15-16H2. The number of carbonyl (C=O) groups is 1. The minimum absolute atomic E-state index is 0.191.